The van der Waals surface area contributed by atoms with Crippen LogP contribution in [0.1, 0.15) is 22.7 Å². The lowest BCUT2D eigenvalue weighted by Gasteiger charge is -2.22. The molecule has 3 rings (SSSR count). The Kier molecular flexibility index (Phi) is 5.84. The largest absolute Gasteiger partial charge is 0.466 e. The number of furan rings is 1. The van der Waals surface area contributed by atoms with Gasteiger partial charge in [0.1, 0.15) is 5.76 Å². The molecule has 0 spiro atoms. The van der Waals surface area contributed by atoms with E-state index in [1.807, 2.05) is 60.7 Å². The number of hydrogen-bond donors (Lipinski definition) is 1. The maximum Gasteiger partial charge on any atom is 0.367 e. The van der Waals surface area contributed by atoms with Gasteiger partial charge in [-0.1, -0.05) is 60.7 Å². The molecule has 3 aromatic rings. The van der Waals surface area contributed by atoms with Crippen molar-refractivity contribution in [2.24, 2.45) is 0 Å². The standard InChI is InChI=1S/C19H19O5P/c20-19(18-12-7-13-22-18)25(21,23-14-16-8-3-1-4-9-16)24-15-17-10-5-2-6-11-17/h1-13,19-20H,14-15H2. The van der Waals surface area contributed by atoms with E-state index in [9.17, 15) is 9.67 Å². The molecular formula is C19H19O5P. The van der Waals surface area contributed by atoms with Crippen LogP contribution in [0.5, 0.6) is 0 Å². The molecule has 0 amide bonds. The third-order valence-corrected chi connectivity index (χ3v) is 5.44. The van der Waals surface area contributed by atoms with E-state index in [2.05, 4.69) is 0 Å². The van der Waals surface area contributed by atoms with E-state index in [0.717, 1.165) is 11.1 Å². The van der Waals surface area contributed by atoms with Crippen molar-refractivity contribution in [3.8, 4) is 0 Å². The summed E-state index contributed by atoms with van der Waals surface area (Å²) in [7, 11) is -3.87. The second-order valence-corrected chi connectivity index (χ2v) is 7.53. The first-order valence-corrected chi connectivity index (χ1v) is 9.47. The number of rotatable bonds is 8. The van der Waals surface area contributed by atoms with Gasteiger partial charge in [-0.3, -0.25) is 4.57 Å². The fourth-order valence-electron chi connectivity index (χ4n) is 2.25. The van der Waals surface area contributed by atoms with Crippen LogP contribution in [0, 0.1) is 0 Å². The first-order chi connectivity index (χ1) is 12.2. The first kappa shape index (κ1) is 17.6. The van der Waals surface area contributed by atoms with E-state index < -0.39 is 13.4 Å². The van der Waals surface area contributed by atoms with Gasteiger partial charge in [0.25, 0.3) is 0 Å². The summed E-state index contributed by atoms with van der Waals surface area (Å²) in [5.74, 6) is -1.35. The van der Waals surface area contributed by atoms with Crippen molar-refractivity contribution in [1.82, 2.24) is 0 Å². The van der Waals surface area contributed by atoms with Gasteiger partial charge in [0.2, 0.25) is 5.85 Å². The number of aliphatic hydroxyl groups excluding tert-OH is 1. The Morgan fingerprint density at radius 2 is 1.36 bits per heavy atom. The normalized spacial score (nSPS) is 12.8. The minimum Gasteiger partial charge on any atom is -0.466 e. The van der Waals surface area contributed by atoms with Gasteiger partial charge in [0.05, 0.1) is 19.5 Å². The van der Waals surface area contributed by atoms with Crippen LogP contribution in [0.4, 0.5) is 0 Å². The summed E-state index contributed by atoms with van der Waals surface area (Å²) in [6.07, 6.45) is 1.40. The highest BCUT2D eigenvalue weighted by Gasteiger charge is 2.38. The molecule has 5 nitrogen and oxygen atoms in total. The molecule has 0 aliphatic heterocycles. The molecule has 25 heavy (non-hydrogen) atoms. The van der Waals surface area contributed by atoms with Crippen molar-refractivity contribution in [3.63, 3.8) is 0 Å². The molecule has 0 saturated carbocycles. The van der Waals surface area contributed by atoms with E-state index in [1.165, 1.54) is 12.3 Å². The Bertz CT molecular complexity index is 755. The molecule has 130 valence electrons. The molecule has 1 atom stereocenters. The van der Waals surface area contributed by atoms with Crippen molar-refractivity contribution in [2.45, 2.75) is 19.1 Å². The molecule has 0 saturated heterocycles. The predicted molar refractivity (Wildman–Crippen MR) is 93.7 cm³/mol. The van der Waals surface area contributed by atoms with Crippen LogP contribution in [0.2, 0.25) is 0 Å². The Morgan fingerprint density at radius 3 is 1.80 bits per heavy atom. The highest BCUT2D eigenvalue weighted by molar-refractivity contribution is 7.53. The Hall–Kier alpha value is -2.17. The molecule has 1 unspecified atom stereocenters. The van der Waals surface area contributed by atoms with Crippen molar-refractivity contribution < 1.29 is 23.1 Å². The van der Waals surface area contributed by atoms with Gasteiger partial charge in [-0.25, -0.2) is 0 Å². The zero-order valence-electron chi connectivity index (χ0n) is 13.5. The van der Waals surface area contributed by atoms with Crippen molar-refractivity contribution >= 4 is 7.60 Å². The number of aliphatic hydroxyl groups is 1. The van der Waals surface area contributed by atoms with Crippen LogP contribution in [0.15, 0.2) is 83.5 Å². The molecule has 0 aliphatic rings. The Balaban J connectivity index is 1.76. The third kappa shape index (κ3) is 4.68. The summed E-state index contributed by atoms with van der Waals surface area (Å²) in [6, 6.07) is 21.7. The smallest absolute Gasteiger partial charge is 0.367 e. The summed E-state index contributed by atoms with van der Waals surface area (Å²) in [5.41, 5.74) is 1.66. The van der Waals surface area contributed by atoms with Crippen LogP contribution in [0.3, 0.4) is 0 Å². The van der Waals surface area contributed by atoms with Crippen molar-refractivity contribution in [2.75, 3.05) is 0 Å². The van der Waals surface area contributed by atoms with E-state index in [0.29, 0.717) is 0 Å². The van der Waals surface area contributed by atoms with Crippen LogP contribution in [0.25, 0.3) is 0 Å². The molecule has 2 aromatic carbocycles. The van der Waals surface area contributed by atoms with Crippen LogP contribution in [-0.4, -0.2) is 5.11 Å². The topological polar surface area (TPSA) is 68.9 Å². The highest BCUT2D eigenvalue weighted by Crippen LogP contribution is 2.60. The van der Waals surface area contributed by atoms with Crippen molar-refractivity contribution in [3.05, 3.63) is 95.9 Å². The Morgan fingerprint density at radius 1 is 0.840 bits per heavy atom. The van der Waals surface area contributed by atoms with E-state index >= 15 is 0 Å². The molecule has 0 fully saturated rings. The molecular weight excluding hydrogens is 339 g/mol. The second kappa shape index (κ2) is 8.28. The highest BCUT2D eigenvalue weighted by atomic mass is 31.2. The first-order valence-electron chi connectivity index (χ1n) is 7.85. The molecule has 6 heteroatoms. The Labute approximate surface area is 146 Å². The van der Waals surface area contributed by atoms with E-state index in [4.69, 9.17) is 13.5 Å². The van der Waals surface area contributed by atoms with Gasteiger partial charge in [-0.15, -0.1) is 0 Å². The quantitative estimate of drug-likeness (QED) is 0.580. The van der Waals surface area contributed by atoms with Crippen molar-refractivity contribution in [1.29, 1.82) is 0 Å². The maximum atomic E-state index is 13.2. The van der Waals surface area contributed by atoms with E-state index in [1.54, 1.807) is 6.07 Å². The van der Waals surface area contributed by atoms with Crippen LogP contribution >= 0.6 is 7.60 Å². The number of benzene rings is 2. The minimum absolute atomic E-state index is 0.0602. The lowest BCUT2D eigenvalue weighted by atomic mass is 10.2. The molecule has 0 bridgehead atoms. The zero-order chi connectivity index (χ0) is 17.5. The number of hydrogen-bond acceptors (Lipinski definition) is 5. The van der Waals surface area contributed by atoms with Crippen LogP contribution in [-0.2, 0) is 26.8 Å². The monoisotopic (exact) mass is 358 g/mol. The molecule has 1 aromatic heterocycles. The molecule has 0 radical (unpaired) electrons. The van der Waals surface area contributed by atoms with Gasteiger partial charge in [0.15, 0.2) is 0 Å². The molecule has 1 heterocycles. The SMILES string of the molecule is O=P(OCc1ccccc1)(OCc1ccccc1)C(O)c1ccco1. The average Bonchev–Trinajstić information content (AvgIpc) is 3.20. The fourth-order valence-corrected chi connectivity index (χ4v) is 3.72. The lowest BCUT2D eigenvalue weighted by Crippen LogP contribution is -2.06. The lowest BCUT2D eigenvalue weighted by molar-refractivity contribution is 0.122. The molecule has 0 aliphatic carbocycles. The second-order valence-electron chi connectivity index (χ2n) is 5.45. The molecule has 1 N–H and O–H groups in total. The zero-order valence-corrected chi connectivity index (χ0v) is 14.4. The van der Waals surface area contributed by atoms with E-state index in [-0.39, 0.29) is 19.0 Å². The summed E-state index contributed by atoms with van der Waals surface area (Å²) < 4.78 is 29.5. The maximum absolute atomic E-state index is 13.2. The summed E-state index contributed by atoms with van der Waals surface area (Å²) in [5, 5.41) is 10.5. The predicted octanol–water partition coefficient (Wildman–Crippen LogP) is 4.90. The average molecular weight is 358 g/mol. The fraction of sp³-hybridized carbons (Fsp3) is 0.158. The van der Waals surface area contributed by atoms with Gasteiger partial charge in [-0.05, 0) is 23.3 Å². The van der Waals surface area contributed by atoms with Gasteiger partial charge in [0, 0.05) is 0 Å². The van der Waals surface area contributed by atoms with Gasteiger partial charge in [-0.2, -0.15) is 0 Å². The minimum atomic E-state index is -3.87. The summed E-state index contributed by atoms with van der Waals surface area (Å²) in [6.45, 7) is 0.120. The van der Waals surface area contributed by atoms with Gasteiger partial charge >= 0.3 is 7.60 Å². The van der Waals surface area contributed by atoms with Crippen LogP contribution < -0.4 is 0 Å². The summed E-state index contributed by atoms with van der Waals surface area (Å²) in [4.78, 5) is 0. The third-order valence-electron chi connectivity index (χ3n) is 3.61. The summed E-state index contributed by atoms with van der Waals surface area (Å²) >= 11 is 0. The van der Waals surface area contributed by atoms with Gasteiger partial charge < -0.3 is 18.6 Å².